The molecule has 0 fully saturated rings. The maximum absolute atomic E-state index is 10.5. The zero-order valence-corrected chi connectivity index (χ0v) is 8.13. The quantitative estimate of drug-likeness (QED) is 0.755. The molecule has 1 heterocycles. The summed E-state index contributed by atoms with van der Waals surface area (Å²) in [5.74, 6) is -0.929. The molecule has 0 unspecified atom stereocenters. The van der Waals surface area contributed by atoms with Crippen molar-refractivity contribution in [2.24, 2.45) is 0 Å². The van der Waals surface area contributed by atoms with Crippen LogP contribution in [0.25, 0.3) is 0 Å². The Morgan fingerprint density at radius 1 is 1.54 bits per heavy atom. The maximum atomic E-state index is 10.5. The molecule has 1 aromatic rings. The highest BCUT2D eigenvalue weighted by atomic mass is 32.1. The van der Waals surface area contributed by atoms with E-state index >= 15 is 0 Å². The van der Waals surface area contributed by atoms with Gasteiger partial charge in [-0.15, -0.1) is 11.3 Å². The molecule has 0 amide bonds. The van der Waals surface area contributed by atoms with E-state index in [1.54, 1.807) is 11.4 Å². The average molecular weight is 202 g/mol. The lowest BCUT2D eigenvalue weighted by Gasteiger charge is -2.10. The van der Waals surface area contributed by atoms with E-state index in [9.17, 15) is 4.79 Å². The van der Waals surface area contributed by atoms with Gasteiger partial charge in [0.05, 0.1) is 0 Å². The molecular formula is C8H10O4S. The van der Waals surface area contributed by atoms with Crippen molar-refractivity contribution in [1.82, 2.24) is 0 Å². The normalized spacial score (nSPS) is 10.7. The van der Waals surface area contributed by atoms with Crippen LogP contribution in [-0.4, -0.2) is 25.3 Å². The minimum Gasteiger partial charge on any atom is -0.477 e. The smallest absolute Gasteiger partial charge is 0.345 e. The largest absolute Gasteiger partial charge is 0.477 e. The van der Waals surface area contributed by atoms with Gasteiger partial charge in [0, 0.05) is 19.8 Å². The first-order valence-electron chi connectivity index (χ1n) is 3.56. The zero-order valence-electron chi connectivity index (χ0n) is 7.31. The van der Waals surface area contributed by atoms with Crippen LogP contribution >= 0.6 is 11.3 Å². The molecule has 13 heavy (non-hydrogen) atoms. The third kappa shape index (κ3) is 2.27. The maximum Gasteiger partial charge on any atom is 0.345 e. The van der Waals surface area contributed by atoms with Crippen molar-refractivity contribution < 1.29 is 19.4 Å². The number of aromatic carboxylic acids is 1. The highest BCUT2D eigenvalue weighted by Crippen LogP contribution is 2.23. The van der Waals surface area contributed by atoms with E-state index in [0.29, 0.717) is 0 Å². The zero-order chi connectivity index (χ0) is 9.84. The number of carboxylic acid groups (broad SMARTS) is 1. The van der Waals surface area contributed by atoms with Crippen LogP contribution in [0.3, 0.4) is 0 Å². The van der Waals surface area contributed by atoms with Crippen LogP contribution < -0.4 is 0 Å². The summed E-state index contributed by atoms with van der Waals surface area (Å²) < 4.78 is 9.94. The third-order valence-corrected chi connectivity index (χ3v) is 2.47. The van der Waals surface area contributed by atoms with Gasteiger partial charge in [0.25, 0.3) is 0 Å². The molecule has 5 heteroatoms. The molecule has 0 aliphatic rings. The van der Waals surface area contributed by atoms with Crippen molar-refractivity contribution >= 4 is 17.3 Å². The summed E-state index contributed by atoms with van der Waals surface area (Å²) in [6.07, 6.45) is -0.482. The van der Waals surface area contributed by atoms with Crippen LogP contribution in [0, 0.1) is 0 Å². The van der Waals surface area contributed by atoms with Gasteiger partial charge in [-0.25, -0.2) is 4.79 Å². The van der Waals surface area contributed by atoms with Crippen molar-refractivity contribution in [1.29, 1.82) is 0 Å². The van der Waals surface area contributed by atoms with Crippen molar-refractivity contribution in [3.63, 3.8) is 0 Å². The van der Waals surface area contributed by atoms with E-state index in [0.717, 1.165) is 16.9 Å². The summed E-state index contributed by atoms with van der Waals surface area (Å²) >= 11 is 1.16. The van der Waals surface area contributed by atoms with Crippen LogP contribution in [0.2, 0.25) is 0 Å². The summed E-state index contributed by atoms with van der Waals surface area (Å²) in [6, 6.07) is 1.55. The minimum atomic E-state index is -0.929. The number of rotatable bonds is 4. The average Bonchev–Trinajstić information content (AvgIpc) is 2.56. The van der Waals surface area contributed by atoms with Gasteiger partial charge in [0.2, 0.25) is 0 Å². The van der Waals surface area contributed by atoms with Crippen LogP contribution in [0.5, 0.6) is 0 Å². The Hall–Kier alpha value is -0.910. The van der Waals surface area contributed by atoms with E-state index in [1.165, 1.54) is 14.2 Å². The van der Waals surface area contributed by atoms with Crippen molar-refractivity contribution in [3.8, 4) is 0 Å². The standard InChI is InChI=1S/C8H10O4S/c1-11-8(12-2)5-3-6(7(9)10)13-4-5/h3-4,8H,1-2H3,(H,9,10). The molecule has 1 aromatic heterocycles. The Labute approximate surface area is 79.7 Å². The number of hydrogen-bond acceptors (Lipinski definition) is 4. The summed E-state index contributed by atoms with van der Waals surface area (Å²) in [5.41, 5.74) is 0.729. The number of hydrogen-bond donors (Lipinski definition) is 1. The molecule has 0 aliphatic heterocycles. The summed E-state index contributed by atoms with van der Waals surface area (Å²) in [7, 11) is 3.01. The van der Waals surface area contributed by atoms with Gasteiger partial charge in [0.15, 0.2) is 6.29 Å². The van der Waals surface area contributed by atoms with Gasteiger partial charge in [-0.05, 0) is 11.4 Å². The van der Waals surface area contributed by atoms with Crippen LogP contribution in [0.4, 0.5) is 0 Å². The van der Waals surface area contributed by atoms with Gasteiger partial charge in [-0.2, -0.15) is 0 Å². The molecule has 0 saturated carbocycles. The first-order chi connectivity index (χ1) is 6.19. The molecule has 0 saturated heterocycles. The van der Waals surface area contributed by atoms with Gasteiger partial charge < -0.3 is 14.6 Å². The minimum absolute atomic E-state index is 0.286. The van der Waals surface area contributed by atoms with Gasteiger partial charge in [0.1, 0.15) is 4.88 Å². The first-order valence-corrected chi connectivity index (χ1v) is 4.44. The molecule has 0 bridgehead atoms. The second kappa shape index (κ2) is 4.36. The van der Waals surface area contributed by atoms with E-state index in [4.69, 9.17) is 14.6 Å². The van der Waals surface area contributed by atoms with Crippen molar-refractivity contribution in [2.75, 3.05) is 14.2 Å². The molecule has 1 N–H and O–H groups in total. The van der Waals surface area contributed by atoms with Gasteiger partial charge in [-0.1, -0.05) is 0 Å². The molecule has 0 atom stereocenters. The van der Waals surface area contributed by atoms with E-state index < -0.39 is 12.3 Å². The molecule has 0 aromatic carbocycles. The number of carbonyl (C=O) groups is 1. The fourth-order valence-electron chi connectivity index (χ4n) is 0.955. The van der Waals surface area contributed by atoms with E-state index in [2.05, 4.69) is 0 Å². The highest BCUT2D eigenvalue weighted by molar-refractivity contribution is 7.12. The monoisotopic (exact) mass is 202 g/mol. The van der Waals surface area contributed by atoms with Crippen LogP contribution in [0.1, 0.15) is 21.5 Å². The molecule has 1 rings (SSSR count). The Balaban J connectivity index is 2.84. The van der Waals surface area contributed by atoms with E-state index in [-0.39, 0.29) is 4.88 Å². The molecule has 0 aliphatic carbocycles. The Bertz CT molecular complexity index is 290. The molecule has 72 valence electrons. The predicted octanol–water partition coefficient (Wildman–Crippen LogP) is 1.74. The highest BCUT2D eigenvalue weighted by Gasteiger charge is 2.13. The predicted molar refractivity (Wildman–Crippen MR) is 48.0 cm³/mol. The Morgan fingerprint density at radius 2 is 2.15 bits per heavy atom. The van der Waals surface area contributed by atoms with Gasteiger partial charge >= 0.3 is 5.97 Å². The molecule has 0 spiro atoms. The van der Waals surface area contributed by atoms with Crippen LogP contribution in [-0.2, 0) is 9.47 Å². The summed E-state index contributed by atoms with van der Waals surface area (Å²) in [4.78, 5) is 10.8. The summed E-state index contributed by atoms with van der Waals surface area (Å²) in [5, 5.41) is 10.4. The van der Waals surface area contributed by atoms with Crippen molar-refractivity contribution in [3.05, 3.63) is 21.9 Å². The number of thiophene rings is 1. The lowest BCUT2D eigenvalue weighted by molar-refractivity contribution is -0.105. The molecule has 0 radical (unpaired) electrons. The Morgan fingerprint density at radius 3 is 2.54 bits per heavy atom. The lowest BCUT2D eigenvalue weighted by atomic mass is 10.3. The second-order valence-electron chi connectivity index (χ2n) is 2.35. The molecule has 4 nitrogen and oxygen atoms in total. The third-order valence-electron chi connectivity index (χ3n) is 1.53. The lowest BCUT2D eigenvalue weighted by Crippen LogP contribution is -2.02. The van der Waals surface area contributed by atoms with E-state index in [1.807, 2.05) is 0 Å². The molecular weight excluding hydrogens is 192 g/mol. The topological polar surface area (TPSA) is 55.8 Å². The number of methoxy groups -OCH3 is 2. The fourth-order valence-corrected chi connectivity index (χ4v) is 1.70. The second-order valence-corrected chi connectivity index (χ2v) is 3.26. The number of carboxylic acids is 1. The van der Waals surface area contributed by atoms with Gasteiger partial charge in [-0.3, -0.25) is 0 Å². The summed E-state index contributed by atoms with van der Waals surface area (Å²) in [6.45, 7) is 0. The first kappa shape index (κ1) is 10.2. The fraction of sp³-hybridized carbons (Fsp3) is 0.375. The SMILES string of the molecule is COC(OC)c1csc(C(=O)O)c1. The Kier molecular flexibility index (Phi) is 3.41. The number of ether oxygens (including phenoxy) is 2. The van der Waals surface area contributed by atoms with Crippen molar-refractivity contribution in [2.45, 2.75) is 6.29 Å². The van der Waals surface area contributed by atoms with Crippen LogP contribution in [0.15, 0.2) is 11.4 Å².